The van der Waals surface area contributed by atoms with Crippen molar-refractivity contribution in [2.75, 3.05) is 14.1 Å². The zero-order chi connectivity index (χ0) is 7.44. The summed E-state index contributed by atoms with van der Waals surface area (Å²) in [5, 5.41) is 0.727. The molecule has 1 N–H and O–H groups in total. The standard InChI is InChI=1S/C4H8F2N2O/c1-7-8(2)4(9)3(5)6/h3,7H,1-2H3. The summed E-state index contributed by atoms with van der Waals surface area (Å²) in [6.07, 6.45) is -2.93. The van der Waals surface area contributed by atoms with Gasteiger partial charge in [0.25, 0.3) is 0 Å². The number of carbonyl (C=O) groups excluding carboxylic acids is 1. The first kappa shape index (κ1) is 8.29. The van der Waals surface area contributed by atoms with E-state index >= 15 is 0 Å². The van der Waals surface area contributed by atoms with E-state index in [4.69, 9.17) is 0 Å². The number of nitrogens with zero attached hydrogens (tertiary/aromatic N) is 1. The second kappa shape index (κ2) is 3.34. The molecule has 9 heavy (non-hydrogen) atoms. The average Bonchev–Trinajstić information content (AvgIpc) is 1.84. The molecule has 5 heteroatoms. The van der Waals surface area contributed by atoms with Crippen molar-refractivity contribution in [3.05, 3.63) is 0 Å². The first-order valence-electron chi connectivity index (χ1n) is 2.32. The third kappa shape index (κ3) is 2.36. The summed E-state index contributed by atoms with van der Waals surface area (Å²) in [7, 11) is 2.62. The van der Waals surface area contributed by atoms with Crippen LogP contribution in [0, 0.1) is 0 Å². The summed E-state index contributed by atoms with van der Waals surface area (Å²) < 4.78 is 22.9. The smallest absolute Gasteiger partial charge is 0.276 e. The first-order valence-corrected chi connectivity index (χ1v) is 2.32. The van der Waals surface area contributed by atoms with Crippen molar-refractivity contribution < 1.29 is 13.6 Å². The van der Waals surface area contributed by atoms with Crippen LogP contribution in [0.1, 0.15) is 0 Å². The predicted octanol–water partition coefficient (Wildman–Crippen LogP) is -0.156. The molecule has 0 aromatic rings. The molecule has 0 aliphatic carbocycles. The maximum atomic E-state index is 11.4. The van der Waals surface area contributed by atoms with Gasteiger partial charge in [0.05, 0.1) is 0 Å². The van der Waals surface area contributed by atoms with Gasteiger partial charge in [-0.2, -0.15) is 8.78 Å². The van der Waals surface area contributed by atoms with Gasteiger partial charge in [-0.05, 0) is 0 Å². The monoisotopic (exact) mass is 138 g/mol. The van der Waals surface area contributed by atoms with Gasteiger partial charge >= 0.3 is 12.3 Å². The van der Waals surface area contributed by atoms with Crippen LogP contribution in [0.3, 0.4) is 0 Å². The van der Waals surface area contributed by atoms with Crippen molar-refractivity contribution in [1.29, 1.82) is 0 Å². The molecule has 0 spiro atoms. The van der Waals surface area contributed by atoms with Gasteiger partial charge in [0.15, 0.2) is 0 Å². The molecule has 0 aromatic carbocycles. The molecule has 0 radical (unpaired) electrons. The number of alkyl halides is 2. The van der Waals surface area contributed by atoms with Gasteiger partial charge in [-0.25, -0.2) is 5.43 Å². The third-order valence-electron chi connectivity index (χ3n) is 0.853. The number of hydrazine groups is 1. The van der Waals surface area contributed by atoms with Crippen molar-refractivity contribution >= 4 is 5.91 Å². The molecule has 3 nitrogen and oxygen atoms in total. The van der Waals surface area contributed by atoms with E-state index in [9.17, 15) is 13.6 Å². The Balaban J connectivity index is 3.73. The highest BCUT2D eigenvalue weighted by molar-refractivity contribution is 5.78. The summed E-state index contributed by atoms with van der Waals surface area (Å²) in [6, 6.07) is 0. The van der Waals surface area contributed by atoms with Gasteiger partial charge < -0.3 is 0 Å². The van der Waals surface area contributed by atoms with E-state index in [-0.39, 0.29) is 0 Å². The number of halogens is 2. The first-order chi connectivity index (χ1) is 4.09. The number of rotatable bonds is 2. The minimum Gasteiger partial charge on any atom is -0.276 e. The van der Waals surface area contributed by atoms with Crippen LogP contribution in [0.5, 0.6) is 0 Å². The fraction of sp³-hybridized carbons (Fsp3) is 0.750. The number of hydrogen-bond donors (Lipinski definition) is 1. The summed E-state index contributed by atoms with van der Waals surface area (Å²) in [5.74, 6) is -1.22. The van der Waals surface area contributed by atoms with Crippen LogP contribution in [0.2, 0.25) is 0 Å². The van der Waals surface area contributed by atoms with Gasteiger partial charge in [0, 0.05) is 14.1 Å². The summed E-state index contributed by atoms with van der Waals surface area (Å²) >= 11 is 0. The van der Waals surface area contributed by atoms with Crippen molar-refractivity contribution in [2.45, 2.75) is 6.43 Å². The minimum atomic E-state index is -2.93. The van der Waals surface area contributed by atoms with E-state index in [1.54, 1.807) is 0 Å². The Morgan fingerprint density at radius 3 is 2.22 bits per heavy atom. The molecule has 0 saturated carbocycles. The molecule has 0 bridgehead atoms. The van der Waals surface area contributed by atoms with Gasteiger partial charge in [0.2, 0.25) is 0 Å². The Morgan fingerprint density at radius 1 is 1.67 bits per heavy atom. The van der Waals surface area contributed by atoms with Crippen LogP contribution in [-0.4, -0.2) is 31.4 Å². The third-order valence-corrected chi connectivity index (χ3v) is 0.853. The fourth-order valence-electron chi connectivity index (χ4n) is 0.257. The lowest BCUT2D eigenvalue weighted by Gasteiger charge is -2.13. The van der Waals surface area contributed by atoms with E-state index in [2.05, 4.69) is 5.43 Å². The Kier molecular flexibility index (Phi) is 3.08. The molecule has 0 aromatic heterocycles. The maximum absolute atomic E-state index is 11.4. The molecule has 0 saturated heterocycles. The molecule has 0 aliphatic rings. The zero-order valence-electron chi connectivity index (χ0n) is 5.19. The van der Waals surface area contributed by atoms with E-state index in [0.29, 0.717) is 0 Å². The lowest BCUT2D eigenvalue weighted by atomic mass is 10.6. The van der Waals surface area contributed by atoms with Crippen LogP contribution in [0.4, 0.5) is 8.78 Å². The molecular formula is C4H8F2N2O. The molecule has 0 fully saturated rings. The van der Waals surface area contributed by atoms with Crippen LogP contribution in [-0.2, 0) is 4.79 Å². The van der Waals surface area contributed by atoms with E-state index < -0.39 is 12.3 Å². The maximum Gasteiger partial charge on any atom is 0.317 e. The molecular weight excluding hydrogens is 130 g/mol. The van der Waals surface area contributed by atoms with Crippen LogP contribution < -0.4 is 5.43 Å². The molecule has 0 aliphatic heterocycles. The Hall–Kier alpha value is -0.710. The largest absolute Gasteiger partial charge is 0.317 e. The van der Waals surface area contributed by atoms with E-state index in [0.717, 1.165) is 5.01 Å². The van der Waals surface area contributed by atoms with E-state index in [1.807, 2.05) is 0 Å². The van der Waals surface area contributed by atoms with Gasteiger partial charge in [-0.3, -0.25) is 9.80 Å². The number of amides is 1. The van der Waals surface area contributed by atoms with E-state index in [1.165, 1.54) is 14.1 Å². The topological polar surface area (TPSA) is 32.3 Å². The van der Waals surface area contributed by atoms with Gasteiger partial charge in [-0.15, -0.1) is 0 Å². The predicted molar refractivity (Wildman–Crippen MR) is 27.8 cm³/mol. The summed E-state index contributed by atoms with van der Waals surface area (Å²) in [6.45, 7) is 0. The Morgan fingerprint density at radius 2 is 2.11 bits per heavy atom. The normalized spacial score (nSPS) is 9.89. The fourth-order valence-corrected chi connectivity index (χ4v) is 0.257. The van der Waals surface area contributed by atoms with Gasteiger partial charge in [0.1, 0.15) is 0 Å². The quantitative estimate of drug-likeness (QED) is 0.538. The highest BCUT2D eigenvalue weighted by Crippen LogP contribution is 1.94. The van der Waals surface area contributed by atoms with Crippen LogP contribution >= 0.6 is 0 Å². The molecule has 0 rings (SSSR count). The Labute approximate surface area is 51.6 Å². The Bertz CT molecular complexity index is 107. The second-order valence-corrected chi connectivity index (χ2v) is 1.42. The molecule has 0 unspecified atom stereocenters. The molecule has 1 amide bonds. The summed E-state index contributed by atoms with van der Waals surface area (Å²) in [4.78, 5) is 10.2. The number of carbonyl (C=O) groups is 1. The highest BCUT2D eigenvalue weighted by atomic mass is 19.3. The van der Waals surface area contributed by atoms with Crippen LogP contribution in [0.25, 0.3) is 0 Å². The highest BCUT2D eigenvalue weighted by Gasteiger charge is 2.18. The van der Waals surface area contributed by atoms with Crippen molar-refractivity contribution in [3.63, 3.8) is 0 Å². The van der Waals surface area contributed by atoms with Crippen molar-refractivity contribution in [1.82, 2.24) is 10.4 Å². The van der Waals surface area contributed by atoms with Crippen molar-refractivity contribution in [3.8, 4) is 0 Å². The molecule has 0 heterocycles. The van der Waals surface area contributed by atoms with Gasteiger partial charge in [-0.1, -0.05) is 0 Å². The lowest BCUT2D eigenvalue weighted by Crippen LogP contribution is -2.40. The SMILES string of the molecule is CNN(C)C(=O)C(F)F. The lowest BCUT2D eigenvalue weighted by molar-refractivity contribution is -0.143. The minimum absolute atomic E-state index is 0.727. The molecule has 0 atom stereocenters. The molecule has 54 valence electrons. The summed E-state index contributed by atoms with van der Waals surface area (Å²) in [5.41, 5.74) is 2.25. The average molecular weight is 138 g/mol. The van der Waals surface area contributed by atoms with Crippen molar-refractivity contribution in [2.24, 2.45) is 0 Å². The number of nitrogens with one attached hydrogen (secondary N) is 1. The second-order valence-electron chi connectivity index (χ2n) is 1.42. The van der Waals surface area contributed by atoms with Crippen LogP contribution in [0.15, 0.2) is 0 Å². The number of hydrogen-bond acceptors (Lipinski definition) is 2. The zero-order valence-corrected chi connectivity index (χ0v) is 5.19.